The molecule has 21 heavy (non-hydrogen) atoms. The minimum atomic E-state index is -0.128. The van der Waals surface area contributed by atoms with E-state index in [0.717, 1.165) is 38.1 Å². The lowest BCUT2D eigenvalue weighted by Gasteiger charge is -2.22. The van der Waals surface area contributed by atoms with Gasteiger partial charge >= 0.3 is 0 Å². The van der Waals surface area contributed by atoms with E-state index in [2.05, 4.69) is 24.4 Å². The first kappa shape index (κ1) is 14.4. The highest BCUT2D eigenvalue weighted by Gasteiger charge is 2.26. The minimum absolute atomic E-state index is 0.128. The molecule has 1 fully saturated rings. The molecule has 114 valence electrons. The number of hydrogen-bond acceptors (Lipinski definition) is 3. The van der Waals surface area contributed by atoms with Gasteiger partial charge in [-0.15, -0.1) is 0 Å². The zero-order valence-electron chi connectivity index (χ0n) is 12.9. The average molecular weight is 288 g/mol. The molecule has 1 aromatic rings. The fraction of sp³-hybridized carbons (Fsp3) is 0.588. The van der Waals surface area contributed by atoms with Crippen molar-refractivity contribution in [1.82, 2.24) is 10.2 Å². The van der Waals surface area contributed by atoms with Crippen LogP contribution in [0.4, 0.5) is 0 Å². The van der Waals surface area contributed by atoms with Crippen LogP contribution in [-0.4, -0.2) is 42.6 Å². The van der Waals surface area contributed by atoms with Gasteiger partial charge in [-0.2, -0.15) is 0 Å². The average Bonchev–Trinajstić information content (AvgIpc) is 3.12. The van der Waals surface area contributed by atoms with Crippen molar-refractivity contribution in [2.24, 2.45) is 0 Å². The second-order valence-corrected chi connectivity index (χ2v) is 6.22. The zero-order chi connectivity index (χ0) is 14.8. The van der Waals surface area contributed by atoms with Gasteiger partial charge < -0.3 is 15.0 Å². The van der Waals surface area contributed by atoms with Crippen molar-refractivity contribution in [1.29, 1.82) is 0 Å². The van der Waals surface area contributed by atoms with Crippen LogP contribution in [0.5, 0.6) is 5.75 Å². The summed E-state index contributed by atoms with van der Waals surface area (Å²) >= 11 is 0. The van der Waals surface area contributed by atoms with E-state index in [9.17, 15) is 4.79 Å². The number of hydrogen-bond donors (Lipinski definition) is 1. The summed E-state index contributed by atoms with van der Waals surface area (Å²) in [5.74, 6) is 1.21. The van der Waals surface area contributed by atoms with Crippen LogP contribution in [0.15, 0.2) is 18.2 Å². The van der Waals surface area contributed by atoms with Gasteiger partial charge in [0.25, 0.3) is 0 Å². The molecule has 2 heterocycles. The summed E-state index contributed by atoms with van der Waals surface area (Å²) in [5.41, 5.74) is 2.55. The molecule has 0 saturated carbocycles. The van der Waals surface area contributed by atoms with Crippen LogP contribution < -0.4 is 10.1 Å². The summed E-state index contributed by atoms with van der Waals surface area (Å²) in [6.45, 7) is 6.59. The highest BCUT2D eigenvalue weighted by Crippen LogP contribution is 2.29. The first-order chi connectivity index (χ1) is 10.1. The molecule has 2 unspecified atom stereocenters. The van der Waals surface area contributed by atoms with Gasteiger partial charge in [0.05, 0.1) is 6.04 Å². The summed E-state index contributed by atoms with van der Waals surface area (Å²) in [4.78, 5) is 14.2. The number of rotatable bonds is 4. The molecule has 1 amide bonds. The second-order valence-electron chi connectivity index (χ2n) is 6.22. The Morgan fingerprint density at radius 2 is 2.19 bits per heavy atom. The molecular weight excluding hydrogens is 264 g/mol. The van der Waals surface area contributed by atoms with Crippen LogP contribution in [0.2, 0.25) is 0 Å². The SMILES string of the molecule is Cc1ccc2c(c1)CC(CNC(C)C(=O)N1CCCC1)O2. The van der Waals surface area contributed by atoms with E-state index >= 15 is 0 Å². The number of aryl methyl sites for hydroxylation is 1. The van der Waals surface area contributed by atoms with Crippen molar-refractivity contribution >= 4 is 5.91 Å². The van der Waals surface area contributed by atoms with Gasteiger partial charge in [0, 0.05) is 26.1 Å². The van der Waals surface area contributed by atoms with E-state index in [1.54, 1.807) is 0 Å². The maximum absolute atomic E-state index is 12.2. The lowest BCUT2D eigenvalue weighted by Crippen LogP contribution is -2.46. The number of nitrogens with zero attached hydrogens (tertiary/aromatic N) is 1. The largest absolute Gasteiger partial charge is 0.488 e. The Labute approximate surface area is 126 Å². The molecule has 0 bridgehead atoms. The Kier molecular flexibility index (Phi) is 4.15. The summed E-state index contributed by atoms with van der Waals surface area (Å²) in [7, 11) is 0. The fourth-order valence-corrected chi connectivity index (χ4v) is 3.17. The van der Waals surface area contributed by atoms with Crippen LogP contribution in [-0.2, 0) is 11.2 Å². The Hall–Kier alpha value is -1.55. The third kappa shape index (κ3) is 3.21. The monoisotopic (exact) mass is 288 g/mol. The van der Waals surface area contributed by atoms with Gasteiger partial charge in [-0.1, -0.05) is 17.7 Å². The van der Waals surface area contributed by atoms with Crippen LogP contribution in [0.1, 0.15) is 30.9 Å². The number of benzene rings is 1. The van der Waals surface area contributed by atoms with Crippen molar-refractivity contribution in [2.75, 3.05) is 19.6 Å². The lowest BCUT2D eigenvalue weighted by molar-refractivity contribution is -0.132. The maximum atomic E-state index is 12.2. The quantitative estimate of drug-likeness (QED) is 0.920. The molecule has 0 aliphatic carbocycles. The van der Waals surface area contributed by atoms with E-state index in [0.29, 0.717) is 6.54 Å². The molecule has 3 rings (SSSR count). The summed E-state index contributed by atoms with van der Waals surface area (Å²) in [5, 5.41) is 3.33. The summed E-state index contributed by atoms with van der Waals surface area (Å²) in [6.07, 6.45) is 3.34. The highest BCUT2D eigenvalue weighted by molar-refractivity contribution is 5.81. The molecule has 0 aromatic heterocycles. The van der Waals surface area contributed by atoms with Crippen molar-refractivity contribution in [2.45, 2.75) is 45.3 Å². The van der Waals surface area contributed by atoms with E-state index in [1.807, 2.05) is 17.9 Å². The van der Waals surface area contributed by atoms with Gasteiger partial charge in [0.15, 0.2) is 0 Å². The molecule has 2 aliphatic rings. The number of ether oxygens (including phenoxy) is 1. The van der Waals surface area contributed by atoms with Crippen LogP contribution in [0, 0.1) is 6.92 Å². The number of fused-ring (bicyclic) bond motifs is 1. The summed E-state index contributed by atoms with van der Waals surface area (Å²) in [6, 6.07) is 6.18. The number of likely N-dealkylation sites (tertiary alicyclic amines) is 1. The first-order valence-electron chi connectivity index (χ1n) is 7.92. The number of carbonyl (C=O) groups excluding carboxylic acids is 1. The van der Waals surface area contributed by atoms with Gasteiger partial charge in [0.2, 0.25) is 5.91 Å². The lowest BCUT2D eigenvalue weighted by atomic mass is 10.1. The van der Waals surface area contributed by atoms with Crippen molar-refractivity contribution in [3.05, 3.63) is 29.3 Å². The van der Waals surface area contributed by atoms with E-state index in [4.69, 9.17) is 4.74 Å². The molecule has 0 radical (unpaired) electrons. The minimum Gasteiger partial charge on any atom is -0.488 e. The zero-order valence-corrected chi connectivity index (χ0v) is 12.9. The normalized spacial score (nSPS) is 22.0. The molecule has 1 aromatic carbocycles. The highest BCUT2D eigenvalue weighted by atomic mass is 16.5. The molecule has 1 N–H and O–H groups in total. The third-order valence-corrected chi connectivity index (χ3v) is 4.40. The molecule has 2 aliphatic heterocycles. The second kappa shape index (κ2) is 6.06. The third-order valence-electron chi connectivity index (χ3n) is 4.40. The van der Waals surface area contributed by atoms with Crippen molar-refractivity contribution in [3.8, 4) is 5.75 Å². The number of carbonyl (C=O) groups is 1. The van der Waals surface area contributed by atoms with Crippen LogP contribution in [0.25, 0.3) is 0 Å². The van der Waals surface area contributed by atoms with Gasteiger partial charge in [-0.25, -0.2) is 0 Å². The number of nitrogens with one attached hydrogen (secondary N) is 1. The topological polar surface area (TPSA) is 41.6 Å². The van der Waals surface area contributed by atoms with Crippen LogP contribution >= 0.6 is 0 Å². The van der Waals surface area contributed by atoms with Gasteiger partial charge in [-0.3, -0.25) is 4.79 Å². The standard InChI is InChI=1S/C17H24N2O2/c1-12-5-6-16-14(9-12)10-15(21-16)11-18-13(2)17(20)19-7-3-4-8-19/h5-6,9,13,15,18H,3-4,7-8,10-11H2,1-2H3. The number of amides is 1. The maximum Gasteiger partial charge on any atom is 0.239 e. The first-order valence-corrected chi connectivity index (χ1v) is 7.92. The predicted molar refractivity (Wildman–Crippen MR) is 82.6 cm³/mol. The molecule has 4 heteroatoms. The van der Waals surface area contributed by atoms with E-state index < -0.39 is 0 Å². The van der Waals surface area contributed by atoms with Gasteiger partial charge in [-0.05, 0) is 38.3 Å². The smallest absolute Gasteiger partial charge is 0.239 e. The fourth-order valence-electron chi connectivity index (χ4n) is 3.17. The predicted octanol–water partition coefficient (Wildman–Crippen LogP) is 1.90. The Morgan fingerprint density at radius 3 is 2.95 bits per heavy atom. The Morgan fingerprint density at radius 1 is 1.43 bits per heavy atom. The molecule has 4 nitrogen and oxygen atoms in total. The Bertz CT molecular complexity index is 524. The molecule has 0 spiro atoms. The van der Waals surface area contributed by atoms with E-state index in [-0.39, 0.29) is 18.1 Å². The molecule has 1 saturated heterocycles. The van der Waals surface area contributed by atoms with Crippen LogP contribution in [0.3, 0.4) is 0 Å². The van der Waals surface area contributed by atoms with Crippen molar-refractivity contribution < 1.29 is 9.53 Å². The summed E-state index contributed by atoms with van der Waals surface area (Å²) < 4.78 is 5.93. The van der Waals surface area contributed by atoms with E-state index in [1.165, 1.54) is 11.1 Å². The Balaban J connectivity index is 1.49. The molecule has 2 atom stereocenters. The van der Waals surface area contributed by atoms with Gasteiger partial charge in [0.1, 0.15) is 11.9 Å². The molecular formula is C17H24N2O2. The van der Waals surface area contributed by atoms with Crippen molar-refractivity contribution in [3.63, 3.8) is 0 Å².